The third-order valence-electron chi connectivity index (χ3n) is 7.80. The Kier molecular flexibility index (Phi) is 13.9. The summed E-state index contributed by atoms with van der Waals surface area (Å²) in [4.78, 5) is 99.7. The summed E-state index contributed by atoms with van der Waals surface area (Å²) >= 11 is 0. The highest BCUT2D eigenvalue weighted by atomic mass is 17.0. The number of esters is 3. The van der Waals surface area contributed by atoms with Crippen LogP contribution in [0.1, 0.15) is 67.2 Å². The second kappa shape index (κ2) is 18.9. The molecule has 0 saturated carbocycles. The minimum Gasteiger partial charge on any atom is -0.464 e. The van der Waals surface area contributed by atoms with Gasteiger partial charge in [-0.1, -0.05) is 60.7 Å². The number of nitrogens with one attached hydrogen (secondary N) is 1. The van der Waals surface area contributed by atoms with Crippen LogP contribution in [-0.2, 0) is 50.3 Å². The summed E-state index contributed by atoms with van der Waals surface area (Å²) in [5.74, 6) is -4.50. The molecule has 0 spiro atoms. The normalized spacial score (nSPS) is 11.5. The molecule has 0 radical (unpaired) electrons. The summed E-state index contributed by atoms with van der Waals surface area (Å²) in [6, 6.07) is 21.0. The molecule has 0 aliphatic rings. The van der Waals surface area contributed by atoms with Gasteiger partial charge in [0.2, 0.25) is 0 Å². The molecule has 56 heavy (non-hydrogen) atoms. The summed E-state index contributed by atoms with van der Waals surface area (Å²) in [6.45, 7) is 1.06. The third-order valence-corrected chi connectivity index (χ3v) is 7.80. The van der Waals surface area contributed by atoms with Crippen molar-refractivity contribution >= 4 is 23.8 Å². The van der Waals surface area contributed by atoms with Crippen LogP contribution in [0.4, 0.5) is 0 Å². The molecule has 0 saturated heterocycles. The Balaban J connectivity index is 1.73. The van der Waals surface area contributed by atoms with Gasteiger partial charge in [-0.15, -0.1) is 30.3 Å². The van der Waals surface area contributed by atoms with E-state index >= 15 is 0 Å². The van der Waals surface area contributed by atoms with Crippen molar-refractivity contribution in [3.05, 3.63) is 160 Å². The Morgan fingerprint density at radius 1 is 0.625 bits per heavy atom. The van der Waals surface area contributed by atoms with Gasteiger partial charge in [0.25, 0.3) is 21.2 Å². The van der Waals surface area contributed by atoms with E-state index < -0.39 is 64.4 Å². The fraction of sp³-hybridized carbons (Fsp3) is 0.222. The van der Waals surface area contributed by atoms with Crippen molar-refractivity contribution in [2.75, 3.05) is 6.61 Å². The van der Waals surface area contributed by atoms with E-state index in [0.717, 1.165) is 0 Å². The molecule has 1 amide bonds. The molecule has 0 aromatic heterocycles. The Morgan fingerprint density at radius 2 is 1.05 bits per heavy atom. The van der Waals surface area contributed by atoms with Gasteiger partial charge >= 0.3 is 17.9 Å². The van der Waals surface area contributed by atoms with Crippen molar-refractivity contribution in [2.45, 2.75) is 45.6 Å². The van der Waals surface area contributed by atoms with Crippen LogP contribution < -0.4 is 14.8 Å². The molecule has 1 atom stereocenters. The first-order chi connectivity index (χ1) is 26.7. The minimum absolute atomic E-state index is 0.0367. The number of nitrogens with zero attached hydrogens (tertiary/aromatic N) is 3. The fourth-order valence-corrected chi connectivity index (χ4v) is 5.25. The van der Waals surface area contributed by atoms with Crippen LogP contribution in [0, 0.1) is 30.3 Å². The van der Waals surface area contributed by atoms with Crippen LogP contribution in [0.3, 0.4) is 0 Å². The van der Waals surface area contributed by atoms with E-state index in [9.17, 15) is 49.5 Å². The highest BCUT2D eigenvalue weighted by molar-refractivity contribution is 5.99. The molecule has 20 nitrogen and oxygen atoms in total. The topological polar surface area (TPSA) is 265 Å². The van der Waals surface area contributed by atoms with E-state index in [4.69, 9.17) is 14.2 Å². The molecule has 4 aromatic rings. The van der Waals surface area contributed by atoms with Gasteiger partial charge in [-0.25, -0.2) is 14.4 Å². The lowest BCUT2D eigenvalue weighted by atomic mass is 9.91. The van der Waals surface area contributed by atoms with E-state index in [-0.39, 0.29) is 63.5 Å². The molecular weight excluding hydrogens is 744 g/mol. The van der Waals surface area contributed by atoms with Gasteiger partial charge < -0.3 is 34.0 Å². The number of ether oxygens (including phenoxy) is 3. The van der Waals surface area contributed by atoms with E-state index in [0.29, 0.717) is 0 Å². The molecule has 4 aromatic carbocycles. The lowest BCUT2D eigenvalue weighted by molar-refractivity contribution is -0.763. The maximum atomic E-state index is 13.6. The summed E-state index contributed by atoms with van der Waals surface area (Å²) in [5, 5.41) is 32.0. The molecule has 20 heteroatoms. The van der Waals surface area contributed by atoms with Crippen molar-refractivity contribution in [2.24, 2.45) is 0 Å². The largest absolute Gasteiger partial charge is 0.464 e. The summed E-state index contributed by atoms with van der Waals surface area (Å²) < 4.78 is 16.5. The average molecular weight is 777 g/mol. The predicted molar refractivity (Wildman–Crippen MR) is 187 cm³/mol. The number of hydrogen-bond acceptors (Lipinski definition) is 16. The third kappa shape index (κ3) is 11.2. The van der Waals surface area contributed by atoms with Gasteiger partial charge in [0.15, 0.2) is 11.5 Å². The second-order valence-electron chi connectivity index (χ2n) is 11.7. The average Bonchev–Trinajstić information content (AvgIpc) is 3.16. The number of benzene rings is 4. The first kappa shape index (κ1) is 41.1. The second-order valence-corrected chi connectivity index (χ2v) is 11.7. The first-order valence-electron chi connectivity index (χ1n) is 16.3. The van der Waals surface area contributed by atoms with Crippen LogP contribution in [0.25, 0.3) is 0 Å². The van der Waals surface area contributed by atoms with Crippen molar-refractivity contribution in [1.82, 2.24) is 5.32 Å². The van der Waals surface area contributed by atoms with Crippen LogP contribution in [0.2, 0.25) is 0 Å². The predicted octanol–water partition coefficient (Wildman–Crippen LogP) is 4.54. The zero-order valence-electron chi connectivity index (χ0n) is 29.6. The minimum atomic E-state index is -1.83. The van der Waals surface area contributed by atoms with Crippen molar-refractivity contribution in [1.29, 1.82) is 0 Å². The maximum Gasteiger partial charge on any atom is 0.344 e. The van der Waals surface area contributed by atoms with Crippen LogP contribution in [0.5, 0.6) is 11.5 Å². The summed E-state index contributed by atoms with van der Waals surface area (Å²) in [5.41, 5.74) is -1.61. The number of amides is 1. The molecular formula is C36H32N4O16. The van der Waals surface area contributed by atoms with Crippen LogP contribution >= 0.6 is 0 Å². The number of carbonyl (C=O) groups excluding carboxylic acids is 4. The van der Waals surface area contributed by atoms with Gasteiger partial charge in [0.1, 0.15) is 25.4 Å². The van der Waals surface area contributed by atoms with Crippen LogP contribution in [0.15, 0.2) is 91.0 Å². The molecule has 1 N–H and O–H groups in total. The summed E-state index contributed by atoms with van der Waals surface area (Å²) in [6.07, 6.45) is -0.321. The zero-order valence-corrected chi connectivity index (χ0v) is 29.6. The maximum absolute atomic E-state index is 13.6. The monoisotopic (exact) mass is 776 g/mol. The Bertz CT molecular complexity index is 2140. The lowest BCUT2D eigenvalue weighted by Crippen LogP contribution is -2.54. The summed E-state index contributed by atoms with van der Waals surface area (Å²) in [7, 11) is 0. The zero-order chi connectivity index (χ0) is 40.8. The molecule has 0 fully saturated rings. The molecule has 292 valence electrons. The molecule has 1 unspecified atom stereocenters. The Hall–Kier alpha value is -7.64. The number of hydrogen-bond donors (Lipinski definition) is 1. The van der Waals surface area contributed by atoms with Gasteiger partial charge in [0, 0.05) is 12.0 Å². The Labute approximate surface area is 316 Å². The Morgan fingerprint density at radius 3 is 1.52 bits per heavy atom. The quantitative estimate of drug-likeness (QED) is 0.0592. The fourth-order valence-electron chi connectivity index (χ4n) is 5.25. The standard InChI is InChI=1S/C36H32N4O16/c1-3-51-35(44)36(2,37-32(41)27-13-7-4-10-24(27)20-52-38(45)46)19-23-16-17-30(55-33(42)28-14-8-5-11-25(28)21-53-39(47)48)31(18-23)56-34(43)29-15-9-6-12-26(29)22-54-40(49)50/h4-18H,3,19-22H2,1-2H3,(H,37,41). The van der Waals surface area contributed by atoms with E-state index in [2.05, 4.69) is 19.8 Å². The smallest absolute Gasteiger partial charge is 0.344 e. The van der Waals surface area contributed by atoms with E-state index in [1.54, 1.807) is 6.92 Å². The molecule has 0 heterocycles. The lowest BCUT2D eigenvalue weighted by Gasteiger charge is -2.29. The van der Waals surface area contributed by atoms with Gasteiger partial charge in [-0.05, 0) is 66.4 Å². The molecule has 0 aliphatic carbocycles. The van der Waals surface area contributed by atoms with Crippen molar-refractivity contribution in [3.8, 4) is 11.5 Å². The van der Waals surface area contributed by atoms with Crippen molar-refractivity contribution < 1.29 is 63.2 Å². The number of carbonyl (C=O) groups is 4. The number of rotatable bonds is 19. The molecule has 4 rings (SSSR count). The van der Waals surface area contributed by atoms with Crippen molar-refractivity contribution in [3.63, 3.8) is 0 Å². The first-order valence-corrected chi connectivity index (χ1v) is 16.3. The van der Waals surface area contributed by atoms with Gasteiger partial charge in [-0.3, -0.25) is 4.79 Å². The molecule has 0 bridgehead atoms. The van der Waals surface area contributed by atoms with Gasteiger partial charge in [-0.2, -0.15) is 0 Å². The highest BCUT2D eigenvalue weighted by Crippen LogP contribution is 2.33. The van der Waals surface area contributed by atoms with Crippen LogP contribution in [-0.4, -0.2) is 51.2 Å². The van der Waals surface area contributed by atoms with E-state index in [1.807, 2.05) is 0 Å². The van der Waals surface area contributed by atoms with Gasteiger partial charge in [0.05, 0.1) is 17.7 Å². The SMILES string of the molecule is CCOC(=O)C(C)(Cc1ccc(OC(=O)c2ccccc2CO[N+](=O)[O-])c(OC(=O)c2ccccc2CO[N+](=O)[O-])c1)NC(=O)c1ccccc1CO[N+](=O)[O-]. The van der Waals surface area contributed by atoms with E-state index in [1.165, 1.54) is 97.9 Å². The highest BCUT2D eigenvalue weighted by Gasteiger charge is 2.38. The molecule has 0 aliphatic heterocycles.